The summed E-state index contributed by atoms with van der Waals surface area (Å²) in [5, 5.41) is 0.626. The van der Waals surface area contributed by atoms with Crippen molar-refractivity contribution in [2.45, 2.75) is 47.5 Å². The lowest BCUT2D eigenvalue weighted by Crippen LogP contribution is -2.20. The summed E-state index contributed by atoms with van der Waals surface area (Å²) < 4.78 is 29.5. The third-order valence-corrected chi connectivity index (χ3v) is 5.50. The van der Waals surface area contributed by atoms with E-state index >= 15 is 0 Å². The third kappa shape index (κ3) is 16.2. The highest BCUT2D eigenvalue weighted by Crippen LogP contribution is 2.20. The summed E-state index contributed by atoms with van der Waals surface area (Å²) in [7, 11) is 1.24. The predicted octanol–water partition coefficient (Wildman–Crippen LogP) is 6.47. The van der Waals surface area contributed by atoms with E-state index in [0.29, 0.717) is 37.0 Å². The van der Waals surface area contributed by atoms with Gasteiger partial charge in [-0.15, -0.1) is 0 Å². The molecule has 0 fully saturated rings. The smallest absolute Gasteiger partial charge is 0.345 e. The molecule has 0 aliphatic heterocycles. The number of hydrogen-bond donors (Lipinski definition) is 0. The van der Waals surface area contributed by atoms with E-state index in [0.717, 1.165) is 6.26 Å². The summed E-state index contributed by atoms with van der Waals surface area (Å²) in [5.74, 6) is -2.13. The number of carbonyl (C=O) groups is 4. The topological polar surface area (TPSA) is 124 Å². The Labute approximate surface area is 263 Å². The zero-order valence-corrected chi connectivity index (χ0v) is 26.9. The Balaban J connectivity index is 0.000000650. The van der Waals surface area contributed by atoms with E-state index in [1.807, 2.05) is 20.8 Å². The molecule has 0 atom stereocenters. The van der Waals surface area contributed by atoms with Crippen molar-refractivity contribution in [1.29, 1.82) is 0 Å². The van der Waals surface area contributed by atoms with Gasteiger partial charge in [0, 0.05) is 30.9 Å². The van der Waals surface area contributed by atoms with Crippen molar-refractivity contribution in [3.8, 4) is 0 Å². The number of methoxy groups -OCH3 is 1. The number of hydrogen-bond acceptors (Lipinski definition) is 10. The van der Waals surface area contributed by atoms with E-state index in [9.17, 15) is 19.2 Å². The van der Waals surface area contributed by atoms with Crippen LogP contribution in [0, 0.1) is 0 Å². The van der Waals surface area contributed by atoms with Crippen molar-refractivity contribution >= 4 is 46.7 Å². The SMILES string of the molecule is CCO/C=C(\C(=O)OCC)C(=O)c1ccccc1Cl.CCOC(OCC)OCC.COC(=O)CC(=O)c1ccccc1Cl. The Bertz CT molecular complexity index is 1150. The first-order valence-electron chi connectivity index (χ1n) is 13.6. The fourth-order valence-electron chi connectivity index (χ4n) is 2.90. The molecule has 0 unspecified atom stereocenters. The number of ether oxygens (including phenoxy) is 6. The molecule has 0 aliphatic rings. The second-order valence-corrected chi connectivity index (χ2v) is 8.64. The van der Waals surface area contributed by atoms with Crippen LogP contribution in [0.25, 0.3) is 0 Å². The monoisotopic (exact) mass is 642 g/mol. The van der Waals surface area contributed by atoms with Gasteiger partial charge in [-0.25, -0.2) is 4.79 Å². The molecule has 0 saturated carbocycles. The average Bonchev–Trinajstić information content (AvgIpc) is 2.99. The molecule has 2 aromatic carbocycles. The normalized spacial score (nSPS) is 10.5. The Morgan fingerprint density at radius 3 is 1.63 bits per heavy atom. The van der Waals surface area contributed by atoms with Gasteiger partial charge in [-0.2, -0.15) is 0 Å². The molecule has 0 N–H and O–H groups in total. The number of benzene rings is 2. The average molecular weight is 644 g/mol. The number of Topliss-reactive ketones (excluding diaryl/α,β-unsaturated/α-hetero) is 2. The summed E-state index contributed by atoms with van der Waals surface area (Å²) in [5.41, 5.74) is 0.416. The highest BCUT2D eigenvalue weighted by molar-refractivity contribution is 6.37. The standard InChI is InChI=1S/C14H15ClO4.C10H9ClO3.C7H16O3/c1-3-18-9-11(14(17)19-4-2)13(16)10-7-5-6-8-12(10)15;1-14-10(13)6-9(12)7-4-2-3-5-8(7)11;1-4-8-7(9-5-2)10-6-3/h5-9H,3-4H2,1-2H3;2-5H,6H2,1H3;7H,4-6H2,1-3H3/b11-9-;;. The number of halogens is 2. The highest BCUT2D eigenvalue weighted by atomic mass is 35.5. The Kier molecular flexibility index (Phi) is 22.3. The number of esters is 2. The summed E-state index contributed by atoms with van der Waals surface area (Å²) in [4.78, 5) is 46.3. The first-order chi connectivity index (χ1) is 20.6. The Morgan fingerprint density at radius 1 is 0.721 bits per heavy atom. The maximum Gasteiger partial charge on any atom is 0.345 e. The largest absolute Gasteiger partial charge is 0.500 e. The first kappa shape index (κ1) is 39.7. The van der Waals surface area contributed by atoms with E-state index in [-0.39, 0.29) is 35.0 Å². The summed E-state index contributed by atoms with van der Waals surface area (Å²) >= 11 is 11.7. The second-order valence-electron chi connectivity index (χ2n) is 7.83. The van der Waals surface area contributed by atoms with Crippen molar-refractivity contribution in [2.75, 3.05) is 40.1 Å². The van der Waals surface area contributed by atoms with Gasteiger partial charge >= 0.3 is 11.9 Å². The second kappa shape index (κ2) is 24.2. The molecule has 0 bridgehead atoms. The quantitative estimate of drug-likeness (QED) is 0.0406. The molecule has 0 aromatic heterocycles. The Morgan fingerprint density at radius 2 is 1.21 bits per heavy atom. The molecule has 0 amide bonds. The summed E-state index contributed by atoms with van der Waals surface area (Å²) in [6.07, 6.45) is 0.837. The van der Waals surface area contributed by atoms with Crippen LogP contribution in [-0.2, 0) is 38.0 Å². The van der Waals surface area contributed by atoms with Gasteiger partial charge in [0.15, 0.2) is 5.78 Å². The van der Waals surface area contributed by atoms with Crippen LogP contribution in [-0.4, -0.2) is 70.1 Å². The Hall–Kier alpha value is -3.28. The molecular formula is C31H40Cl2O10. The maximum atomic E-state index is 12.3. The van der Waals surface area contributed by atoms with Crippen molar-refractivity contribution in [3.05, 3.63) is 81.5 Å². The molecular weight excluding hydrogens is 603 g/mol. The van der Waals surface area contributed by atoms with Crippen LogP contribution in [0.15, 0.2) is 60.4 Å². The molecule has 10 nitrogen and oxygen atoms in total. The van der Waals surface area contributed by atoms with E-state index in [1.165, 1.54) is 7.11 Å². The van der Waals surface area contributed by atoms with Gasteiger partial charge < -0.3 is 28.4 Å². The summed E-state index contributed by atoms with van der Waals surface area (Å²) in [6.45, 7) is 11.0. The van der Waals surface area contributed by atoms with Crippen molar-refractivity contribution in [1.82, 2.24) is 0 Å². The number of ketones is 2. The zero-order valence-electron chi connectivity index (χ0n) is 25.4. The molecule has 0 spiro atoms. The van der Waals surface area contributed by atoms with E-state index in [2.05, 4.69) is 4.74 Å². The molecule has 2 rings (SSSR count). The van der Waals surface area contributed by atoms with E-state index in [1.54, 1.807) is 62.4 Å². The van der Waals surface area contributed by atoms with Gasteiger partial charge in [0.25, 0.3) is 6.48 Å². The molecule has 43 heavy (non-hydrogen) atoms. The van der Waals surface area contributed by atoms with Crippen LogP contribution >= 0.6 is 23.2 Å². The maximum absolute atomic E-state index is 12.3. The van der Waals surface area contributed by atoms with Crippen molar-refractivity contribution in [3.63, 3.8) is 0 Å². The van der Waals surface area contributed by atoms with Crippen molar-refractivity contribution in [2.24, 2.45) is 0 Å². The van der Waals surface area contributed by atoms with Gasteiger partial charge in [0.05, 0.1) is 30.4 Å². The van der Waals surface area contributed by atoms with Crippen LogP contribution in [0.2, 0.25) is 10.0 Å². The molecule has 0 radical (unpaired) electrons. The minimum Gasteiger partial charge on any atom is -0.500 e. The number of carbonyl (C=O) groups excluding carboxylic acids is 4. The molecule has 0 aliphatic carbocycles. The molecule has 12 heteroatoms. The number of rotatable bonds is 15. The van der Waals surface area contributed by atoms with Crippen LogP contribution in [0.5, 0.6) is 0 Å². The molecule has 2 aromatic rings. The molecule has 0 heterocycles. The van der Waals surface area contributed by atoms with Crippen molar-refractivity contribution < 1.29 is 47.6 Å². The predicted molar refractivity (Wildman–Crippen MR) is 163 cm³/mol. The minimum absolute atomic E-state index is 0.170. The lowest BCUT2D eigenvalue weighted by atomic mass is 10.0. The van der Waals surface area contributed by atoms with Gasteiger partial charge in [0.1, 0.15) is 18.3 Å². The fourth-order valence-corrected chi connectivity index (χ4v) is 3.36. The minimum atomic E-state index is -0.721. The van der Waals surface area contributed by atoms with Gasteiger partial charge in [-0.05, 0) is 58.9 Å². The van der Waals surface area contributed by atoms with Gasteiger partial charge in [-0.3, -0.25) is 14.4 Å². The molecule has 238 valence electrons. The van der Waals surface area contributed by atoms with Gasteiger partial charge in [-0.1, -0.05) is 47.5 Å². The zero-order chi connectivity index (χ0) is 32.6. The van der Waals surface area contributed by atoms with E-state index < -0.39 is 24.2 Å². The lowest BCUT2D eigenvalue weighted by molar-refractivity contribution is -0.282. The van der Waals surface area contributed by atoms with E-state index in [4.69, 9.17) is 46.9 Å². The van der Waals surface area contributed by atoms with Crippen LogP contribution < -0.4 is 0 Å². The first-order valence-corrected chi connectivity index (χ1v) is 14.3. The summed E-state index contributed by atoms with van der Waals surface area (Å²) in [6, 6.07) is 13.1. The van der Waals surface area contributed by atoms with Gasteiger partial charge in [0.2, 0.25) is 5.78 Å². The lowest BCUT2D eigenvalue weighted by Gasteiger charge is -2.15. The molecule has 0 saturated heterocycles. The van der Waals surface area contributed by atoms with Crippen LogP contribution in [0.1, 0.15) is 61.8 Å². The van der Waals surface area contributed by atoms with Crippen LogP contribution in [0.4, 0.5) is 0 Å². The fraction of sp³-hybridized carbons (Fsp3) is 0.419. The third-order valence-electron chi connectivity index (χ3n) is 4.84. The highest BCUT2D eigenvalue weighted by Gasteiger charge is 2.23. The van der Waals surface area contributed by atoms with Crippen LogP contribution in [0.3, 0.4) is 0 Å².